The van der Waals surface area contributed by atoms with Gasteiger partial charge in [0.05, 0.1) is 5.02 Å². The van der Waals surface area contributed by atoms with Crippen LogP contribution in [0.25, 0.3) is 11.0 Å². The average Bonchev–Trinajstić information content (AvgIpc) is 2.44. The average molecular weight is 327 g/mol. The van der Waals surface area contributed by atoms with E-state index in [0.717, 1.165) is 6.42 Å². The second-order valence-electron chi connectivity index (χ2n) is 6.07. The Hall–Kier alpha value is -0.990. The fourth-order valence-electron chi connectivity index (χ4n) is 2.53. The van der Waals surface area contributed by atoms with E-state index in [9.17, 15) is 4.79 Å². The van der Waals surface area contributed by atoms with Gasteiger partial charge in [-0.2, -0.15) is 0 Å². The van der Waals surface area contributed by atoms with Crippen LogP contribution in [0.5, 0.6) is 0 Å². The summed E-state index contributed by atoms with van der Waals surface area (Å²) in [5.74, 6) is 0. The second-order valence-corrected chi connectivity index (χ2v) is 6.83. The Morgan fingerprint density at radius 1 is 1.14 bits per heavy atom. The lowest BCUT2D eigenvalue weighted by Crippen LogP contribution is -2.17. The zero-order chi connectivity index (χ0) is 15.6. The van der Waals surface area contributed by atoms with Crippen LogP contribution >= 0.6 is 23.2 Å². The largest absolute Gasteiger partial charge is 0.422 e. The molecule has 2 aromatic rings. The summed E-state index contributed by atoms with van der Waals surface area (Å²) in [7, 11) is 0. The van der Waals surface area contributed by atoms with Crippen LogP contribution in [-0.4, -0.2) is 0 Å². The van der Waals surface area contributed by atoms with Gasteiger partial charge in [0.2, 0.25) is 0 Å². The molecule has 0 aliphatic rings. The molecule has 0 saturated carbocycles. The van der Waals surface area contributed by atoms with Gasteiger partial charge in [-0.05, 0) is 29.5 Å². The van der Waals surface area contributed by atoms with Crippen molar-refractivity contribution in [1.82, 2.24) is 0 Å². The lowest BCUT2D eigenvalue weighted by molar-refractivity contribution is 0.450. The lowest BCUT2D eigenvalue weighted by atomic mass is 9.79. The Kier molecular flexibility index (Phi) is 5.00. The molecule has 2 rings (SSSR count). The highest BCUT2D eigenvalue weighted by Gasteiger charge is 2.21. The van der Waals surface area contributed by atoms with Crippen molar-refractivity contribution in [3.05, 3.63) is 44.2 Å². The first-order valence-corrected chi connectivity index (χ1v) is 8.04. The van der Waals surface area contributed by atoms with Gasteiger partial charge in [-0.15, -0.1) is 0 Å². The number of hydrogen-bond donors (Lipinski definition) is 0. The van der Waals surface area contributed by atoms with Crippen LogP contribution in [0.3, 0.4) is 0 Å². The summed E-state index contributed by atoms with van der Waals surface area (Å²) in [5, 5.41) is 0.918. The molecular formula is C17H20Cl2O2. The van der Waals surface area contributed by atoms with Crippen LogP contribution in [0, 0.1) is 0 Å². The third-order valence-corrected chi connectivity index (χ3v) is 4.81. The van der Waals surface area contributed by atoms with Crippen LogP contribution in [0.15, 0.2) is 27.4 Å². The SMILES string of the molecule is CCCCCC(C)(C)c1ccc2oc(=O)c(Cl)c(Cl)c2c1. The van der Waals surface area contributed by atoms with Crippen LogP contribution in [0.2, 0.25) is 10.0 Å². The molecular weight excluding hydrogens is 307 g/mol. The standard InChI is InChI=1S/C17H20Cl2O2/c1-4-5-6-9-17(2,3)11-7-8-13-12(10-11)14(18)15(19)16(20)21-13/h7-8,10H,4-6,9H2,1-3H3. The molecule has 1 aromatic heterocycles. The molecule has 0 unspecified atom stereocenters. The Morgan fingerprint density at radius 2 is 1.86 bits per heavy atom. The van der Waals surface area contributed by atoms with Crippen molar-refractivity contribution in [1.29, 1.82) is 0 Å². The molecule has 0 aliphatic heterocycles. The monoisotopic (exact) mass is 326 g/mol. The van der Waals surface area contributed by atoms with Crippen LogP contribution in [0.4, 0.5) is 0 Å². The fraction of sp³-hybridized carbons (Fsp3) is 0.471. The summed E-state index contributed by atoms with van der Waals surface area (Å²) in [6, 6.07) is 5.79. The minimum Gasteiger partial charge on any atom is -0.422 e. The minimum atomic E-state index is -0.593. The first-order chi connectivity index (χ1) is 9.86. The number of unbranched alkanes of at least 4 members (excludes halogenated alkanes) is 2. The topological polar surface area (TPSA) is 30.2 Å². The maximum Gasteiger partial charge on any atom is 0.356 e. The molecule has 0 fully saturated rings. The van der Waals surface area contributed by atoms with Gasteiger partial charge in [-0.1, -0.05) is 69.3 Å². The molecule has 0 amide bonds. The zero-order valence-corrected chi connectivity index (χ0v) is 14.1. The van der Waals surface area contributed by atoms with Gasteiger partial charge in [0, 0.05) is 5.39 Å². The fourth-order valence-corrected chi connectivity index (χ4v) is 2.89. The summed E-state index contributed by atoms with van der Waals surface area (Å²) in [6.07, 6.45) is 4.74. The van der Waals surface area contributed by atoms with Crippen molar-refractivity contribution in [3.8, 4) is 0 Å². The maximum atomic E-state index is 11.5. The Balaban J connectivity index is 2.45. The molecule has 0 atom stereocenters. The molecule has 0 aliphatic carbocycles. The summed E-state index contributed by atoms with van der Waals surface area (Å²) in [4.78, 5) is 11.5. The molecule has 1 aromatic carbocycles. The Morgan fingerprint density at radius 3 is 2.52 bits per heavy atom. The van der Waals surface area contributed by atoms with Gasteiger partial charge in [0.25, 0.3) is 0 Å². The number of benzene rings is 1. The summed E-state index contributed by atoms with van der Waals surface area (Å²) in [5.41, 5.74) is 1.11. The summed E-state index contributed by atoms with van der Waals surface area (Å²) in [6.45, 7) is 6.64. The number of rotatable bonds is 5. The van der Waals surface area contributed by atoms with Gasteiger partial charge >= 0.3 is 5.63 Å². The second kappa shape index (κ2) is 6.41. The Bertz CT molecular complexity index is 702. The molecule has 4 heteroatoms. The highest BCUT2D eigenvalue weighted by molar-refractivity contribution is 6.44. The molecule has 114 valence electrons. The molecule has 2 nitrogen and oxygen atoms in total. The molecule has 0 bridgehead atoms. The van der Waals surface area contributed by atoms with E-state index in [1.165, 1.54) is 24.8 Å². The number of hydrogen-bond acceptors (Lipinski definition) is 2. The molecule has 0 saturated heterocycles. The lowest BCUT2D eigenvalue weighted by Gasteiger charge is -2.25. The van der Waals surface area contributed by atoms with Crippen molar-refractivity contribution in [2.45, 2.75) is 51.9 Å². The van der Waals surface area contributed by atoms with Crippen molar-refractivity contribution in [2.75, 3.05) is 0 Å². The summed E-state index contributed by atoms with van der Waals surface area (Å²) >= 11 is 12.1. The van der Waals surface area contributed by atoms with E-state index in [-0.39, 0.29) is 15.5 Å². The summed E-state index contributed by atoms with van der Waals surface area (Å²) < 4.78 is 5.17. The van der Waals surface area contributed by atoms with Crippen molar-refractivity contribution < 1.29 is 4.42 Å². The van der Waals surface area contributed by atoms with Crippen molar-refractivity contribution in [3.63, 3.8) is 0 Å². The predicted molar refractivity (Wildman–Crippen MR) is 89.7 cm³/mol. The quantitative estimate of drug-likeness (QED) is 0.501. The maximum absolute atomic E-state index is 11.5. The van der Waals surface area contributed by atoms with Crippen LogP contribution in [0.1, 0.15) is 52.0 Å². The number of halogens is 2. The van der Waals surface area contributed by atoms with Crippen molar-refractivity contribution >= 4 is 34.2 Å². The smallest absolute Gasteiger partial charge is 0.356 e. The van der Waals surface area contributed by atoms with Gasteiger partial charge < -0.3 is 4.42 Å². The van der Waals surface area contributed by atoms with E-state index >= 15 is 0 Å². The minimum absolute atomic E-state index is 0.0508. The van der Waals surface area contributed by atoms with Gasteiger partial charge in [-0.25, -0.2) is 4.79 Å². The molecule has 0 radical (unpaired) electrons. The van der Waals surface area contributed by atoms with E-state index in [1.807, 2.05) is 12.1 Å². The van der Waals surface area contributed by atoms with E-state index in [2.05, 4.69) is 20.8 Å². The first kappa shape index (κ1) is 16.4. The van der Waals surface area contributed by atoms with Crippen LogP contribution in [-0.2, 0) is 5.41 Å². The number of fused-ring (bicyclic) bond motifs is 1. The molecule has 21 heavy (non-hydrogen) atoms. The molecule has 0 N–H and O–H groups in total. The van der Waals surface area contributed by atoms with Crippen LogP contribution < -0.4 is 5.63 Å². The highest BCUT2D eigenvalue weighted by Crippen LogP contribution is 2.34. The zero-order valence-electron chi connectivity index (χ0n) is 12.6. The molecule has 0 spiro atoms. The highest BCUT2D eigenvalue weighted by atomic mass is 35.5. The third kappa shape index (κ3) is 3.44. The van der Waals surface area contributed by atoms with E-state index in [1.54, 1.807) is 6.07 Å². The third-order valence-electron chi connectivity index (χ3n) is 3.98. The van der Waals surface area contributed by atoms with E-state index in [0.29, 0.717) is 11.0 Å². The molecule has 1 heterocycles. The van der Waals surface area contributed by atoms with E-state index in [4.69, 9.17) is 27.6 Å². The van der Waals surface area contributed by atoms with E-state index < -0.39 is 5.63 Å². The van der Waals surface area contributed by atoms with Gasteiger partial charge in [-0.3, -0.25) is 0 Å². The Labute approximate surface area is 135 Å². The van der Waals surface area contributed by atoms with Gasteiger partial charge in [0.15, 0.2) is 0 Å². The predicted octanol–water partition coefficient (Wildman–Crippen LogP) is 5.96. The van der Waals surface area contributed by atoms with Crippen molar-refractivity contribution in [2.24, 2.45) is 0 Å². The van der Waals surface area contributed by atoms with Gasteiger partial charge in [0.1, 0.15) is 10.6 Å². The normalized spacial score (nSPS) is 12.0. The first-order valence-electron chi connectivity index (χ1n) is 7.29.